The maximum Gasteiger partial charge on any atom is 0.186 e. The van der Waals surface area contributed by atoms with Gasteiger partial charge in [0.25, 0.3) is 0 Å². The molecule has 0 unspecified atom stereocenters. The molecule has 0 fully saturated rings. The Morgan fingerprint density at radius 3 is 1.63 bits per heavy atom. The molecule has 0 amide bonds. The van der Waals surface area contributed by atoms with E-state index in [9.17, 15) is 46.0 Å². The number of fused-ring (bicyclic) bond motifs is 3. The van der Waals surface area contributed by atoms with Crippen LogP contribution in [0.15, 0.2) is 185 Å². The number of benzene rings is 8. The zero-order valence-corrected chi connectivity index (χ0v) is 35.8. The number of phenolic OH excluding ortho intramolecular Hbond substituents is 7. The minimum absolute atomic E-state index is 0.0278. The summed E-state index contributed by atoms with van der Waals surface area (Å²) >= 11 is 0. The Labute approximate surface area is 392 Å². The summed E-state index contributed by atoms with van der Waals surface area (Å²) in [7, 11) is 19.9. The summed E-state index contributed by atoms with van der Waals surface area (Å²) in [6, 6.07) is 43.6. The summed E-state index contributed by atoms with van der Waals surface area (Å²) in [5.41, 5.74) is -1.22. The van der Waals surface area contributed by atoms with Crippen molar-refractivity contribution < 1.29 is 50.4 Å². The van der Waals surface area contributed by atoms with Crippen molar-refractivity contribution in [3.05, 3.63) is 186 Å². The molecule has 6 radical (unpaired) electrons. The van der Waals surface area contributed by atoms with Gasteiger partial charge in [-0.15, -0.1) is 0 Å². The fraction of sp³-hybridized carbons (Fsp3) is 0. The Hall–Kier alpha value is -9.03. The topological polar surface area (TPSA) is 198 Å². The van der Waals surface area contributed by atoms with E-state index < -0.39 is 85.2 Å². The lowest BCUT2D eigenvalue weighted by atomic mass is 9.80. The molecule has 0 bridgehead atoms. The zero-order chi connectivity index (χ0) is 48.1. The molecule has 0 spiro atoms. The number of nitrogens with zero attached hydrogens (tertiary/aromatic N) is 1. The maximum absolute atomic E-state index is 12.1. The molecule has 0 aliphatic carbocycles. The second-order valence-electron chi connectivity index (χ2n) is 15.7. The summed E-state index contributed by atoms with van der Waals surface area (Å²) in [5, 5.41) is 108. The van der Waals surface area contributed by atoms with E-state index in [0.717, 1.165) is 16.7 Å². The van der Waals surface area contributed by atoms with E-state index in [1.54, 1.807) is 72.8 Å². The van der Waals surface area contributed by atoms with Gasteiger partial charge < -0.3 is 55.3 Å². The molecule has 1 aromatic heterocycles. The molecule has 14 heteroatoms. The summed E-state index contributed by atoms with van der Waals surface area (Å²) in [6.45, 7) is 3.57. The molecule has 0 saturated heterocycles. The van der Waals surface area contributed by atoms with Crippen LogP contribution in [-0.2, 0) is 0 Å². The monoisotopic (exact) mass is 891 g/mol. The predicted molar refractivity (Wildman–Crippen MR) is 267 cm³/mol. The van der Waals surface area contributed by atoms with Crippen LogP contribution in [0.1, 0.15) is 5.56 Å². The number of aliphatic hydroxyl groups excluding tert-OH is 2. The average molecular weight is 891 g/mol. The van der Waals surface area contributed by atoms with Crippen LogP contribution in [0.25, 0.3) is 72.0 Å². The molecule has 68 heavy (non-hydrogen) atoms. The zero-order valence-electron chi connectivity index (χ0n) is 35.8. The first kappa shape index (κ1) is 44.2. The molecule has 9 aromatic rings. The minimum atomic E-state index is -1.22. The van der Waals surface area contributed by atoms with Gasteiger partial charge in [-0.25, -0.2) is 0 Å². The van der Waals surface area contributed by atoms with Crippen LogP contribution in [0.4, 0.5) is 11.4 Å². The molecule has 8 aromatic carbocycles. The Morgan fingerprint density at radius 1 is 0.485 bits per heavy atom. The van der Waals surface area contributed by atoms with Gasteiger partial charge >= 0.3 is 0 Å². The van der Waals surface area contributed by atoms with E-state index in [4.69, 9.17) is 28.0 Å². The first-order valence-electron chi connectivity index (χ1n) is 20.9. The van der Waals surface area contributed by atoms with Crippen LogP contribution >= 0.6 is 0 Å². The van der Waals surface area contributed by atoms with Gasteiger partial charge in [0.1, 0.15) is 57.7 Å². The molecule has 0 saturated carbocycles. The number of hydrogen-bond acceptors (Lipinski definition) is 11. The van der Waals surface area contributed by atoms with E-state index in [0.29, 0.717) is 26.8 Å². The normalized spacial score (nSPS) is 12.2. The van der Waals surface area contributed by atoms with Crippen LogP contribution in [0.2, 0.25) is 0 Å². The Morgan fingerprint density at radius 2 is 1.01 bits per heavy atom. The number of aliphatic hydroxyl groups is 2. The lowest BCUT2D eigenvalue weighted by Gasteiger charge is -2.33. The van der Waals surface area contributed by atoms with Crippen molar-refractivity contribution >= 4 is 67.9 Å². The molecular weight excluding hydrogens is 855 g/mol. The summed E-state index contributed by atoms with van der Waals surface area (Å²) in [6.07, 6.45) is 0. The van der Waals surface area contributed by atoms with Crippen molar-refractivity contribution in [3.63, 3.8) is 0 Å². The van der Waals surface area contributed by atoms with Crippen LogP contribution in [-0.4, -0.2) is 69.5 Å². The van der Waals surface area contributed by atoms with Crippen LogP contribution in [0, 0.1) is 0 Å². The van der Waals surface area contributed by atoms with Gasteiger partial charge in [-0.1, -0.05) is 146 Å². The first-order chi connectivity index (χ1) is 32.7. The van der Waals surface area contributed by atoms with E-state index in [1.807, 2.05) is 60.7 Å². The highest BCUT2D eigenvalue weighted by Crippen LogP contribution is 2.60. The Kier molecular flexibility index (Phi) is 11.3. The second-order valence-corrected chi connectivity index (χ2v) is 15.7. The molecule has 1 heterocycles. The SMILES string of the molecule is [B]C(/C(O)=C(\[B])N(c1c([B])c(O)c(-c2ccc(-c3ccccc3)c(-c3ccccc3)c2)c(O)c1O)c1c(O)c(O)c(-c2cccc3c2oc2ccccc23)c(O)c1O)=C(/C(=C)O)c1ccccc1. The number of phenols is 7. The molecule has 0 aliphatic heterocycles. The van der Waals surface area contributed by atoms with Crippen LogP contribution < -0.4 is 10.4 Å². The highest BCUT2D eigenvalue weighted by atomic mass is 16.3. The Balaban J connectivity index is 1.31. The van der Waals surface area contributed by atoms with Gasteiger partial charge in [-0.2, -0.15) is 0 Å². The van der Waals surface area contributed by atoms with Gasteiger partial charge in [0.05, 0.1) is 16.8 Å². The van der Waals surface area contributed by atoms with Gasteiger partial charge in [-0.3, -0.25) is 0 Å². The predicted octanol–water partition coefficient (Wildman–Crippen LogP) is 10.7. The van der Waals surface area contributed by atoms with Gasteiger partial charge in [-0.05, 0) is 56.4 Å². The lowest BCUT2D eigenvalue weighted by Crippen LogP contribution is -2.26. The molecule has 9 N–H and O–H groups in total. The number of allylic oxidation sites excluding steroid dienone is 2. The van der Waals surface area contributed by atoms with Crippen molar-refractivity contribution in [2.45, 2.75) is 0 Å². The summed E-state index contributed by atoms with van der Waals surface area (Å²) in [5.74, 6) is -9.26. The number of furan rings is 1. The van der Waals surface area contributed by atoms with Crippen molar-refractivity contribution in [2.75, 3.05) is 4.90 Å². The van der Waals surface area contributed by atoms with Gasteiger partial charge in [0.2, 0.25) is 0 Å². The third-order valence-corrected chi connectivity index (χ3v) is 11.8. The molecule has 326 valence electrons. The van der Waals surface area contributed by atoms with Crippen LogP contribution in [0.3, 0.4) is 0 Å². The Bertz CT molecular complexity index is 3500. The quantitative estimate of drug-likeness (QED) is 0.0208. The van der Waals surface area contributed by atoms with E-state index >= 15 is 0 Å². The summed E-state index contributed by atoms with van der Waals surface area (Å²) in [4.78, 5) is 0.461. The molecular formula is C54H36B3NO10. The number of aromatic hydroxyl groups is 7. The van der Waals surface area contributed by atoms with Crippen LogP contribution in [0.5, 0.6) is 40.2 Å². The standard InChI is InChI=1S/C54H36B3NO10/c1-27(59)38(30-18-9-4-10-19-30)41(55)49(64)54(57)58(44-51(66)47(62)40(48(63)52(44)67)35-22-13-21-34-33-20-11-12-23-37(33)68-53(34)35)43-42(56)45(60)39(46(61)50(43)65)31-24-25-32(28-14-5-2-6-15-28)36(26-31)29-16-7-3-8-17-29/h2-26,59-67H,1H2/b41-38-,54-49-. The number of rotatable bonds is 10. The number of anilines is 2. The number of para-hydroxylation sites is 2. The highest BCUT2D eigenvalue weighted by Gasteiger charge is 2.36. The molecule has 0 aliphatic rings. The van der Waals surface area contributed by atoms with Crippen molar-refractivity contribution in [1.29, 1.82) is 0 Å². The maximum atomic E-state index is 12.1. The fourth-order valence-electron chi connectivity index (χ4n) is 8.54. The first-order valence-corrected chi connectivity index (χ1v) is 20.9. The molecule has 0 atom stereocenters. The molecule has 11 nitrogen and oxygen atoms in total. The van der Waals surface area contributed by atoms with Crippen molar-refractivity contribution in [2.24, 2.45) is 0 Å². The third kappa shape index (κ3) is 7.24. The largest absolute Gasteiger partial charge is 0.508 e. The molecule has 9 rings (SSSR count). The van der Waals surface area contributed by atoms with E-state index in [1.165, 1.54) is 18.2 Å². The minimum Gasteiger partial charge on any atom is -0.508 e. The van der Waals surface area contributed by atoms with Crippen molar-refractivity contribution in [1.82, 2.24) is 0 Å². The second kappa shape index (κ2) is 17.4. The van der Waals surface area contributed by atoms with Crippen molar-refractivity contribution in [3.8, 4) is 84.8 Å². The highest BCUT2D eigenvalue weighted by molar-refractivity contribution is 6.41. The smallest absolute Gasteiger partial charge is 0.186 e. The average Bonchev–Trinajstić information content (AvgIpc) is 3.75. The van der Waals surface area contributed by atoms with E-state index in [-0.39, 0.29) is 33.4 Å². The third-order valence-electron chi connectivity index (χ3n) is 11.8. The van der Waals surface area contributed by atoms with E-state index in [2.05, 4.69) is 6.58 Å². The van der Waals surface area contributed by atoms with Gasteiger partial charge in [0.15, 0.2) is 34.5 Å². The number of hydrogen-bond donors (Lipinski definition) is 9. The fourth-order valence-corrected chi connectivity index (χ4v) is 8.54. The van der Waals surface area contributed by atoms with Gasteiger partial charge in [0, 0.05) is 27.5 Å². The lowest BCUT2D eigenvalue weighted by molar-refractivity contribution is 0.376. The summed E-state index contributed by atoms with van der Waals surface area (Å²) < 4.78 is 6.11.